The lowest BCUT2D eigenvalue weighted by Gasteiger charge is -2.21. The summed E-state index contributed by atoms with van der Waals surface area (Å²) in [5.41, 5.74) is 0.465. The molecule has 9 nitrogen and oxygen atoms in total. The van der Waals surface area contributed by atoms with E-state index in [0.29, 0.717) is 36.1 Å². The van der Waals surface area contributed by atoms with E-state index in [9.17, 15) is 13.2 Å². The third-order valence-electron chi connectivity index (χ3n) is 4.83. The fourth-order valence-electron chi connectivity index (χ4n) is 3.24. The van der Waals surface area contributed by atoms with Crippen molar-refractivity contribution in [2.24, 2.45) is 0 Å². The van der Waals surface area contributed by atoms with Crippen LogP contribution in [-0.4, -0.2) is 59.2 Å². The minimum absolute atomic E-state index is 0.0579. The van der Waals surface area contributed by atoms with Crippen molar-refractivity contribution in [3.05, 3.63) is 35.9 Å². The predicted molar refractivity (Wildman–Crippen MR) is 126 cm³/mol. The number of rotatable bonds is 11. The van der Waals surface area contributed by atoms with Crippen molar-refractivity contribution in [3.8, 4) is 23.0 Å². The van der Waals surface area contributed by atoms with Crippen LogP contribution in [0.5, 0.6) is 23.0 Å². The van der Waals surface area contributed by atoms with Gasteiger partial charge >= 0.3 is 0 Å². The van der Waals surface area contributed by atoms with Gasteiger partial charge in [-0.1, -0.05) is 13.8 Å². The SMILES string of the molecule is CCN(CC)S(=O)(=O)c1ccc(OC(C)C)c(NC(=O)c2cc(OC)c(OC)c(OC)c2)c1. The minimum Gasteiger partial charge on any atom is -0.493 e. The summed E-state index contributed by atoms with van der Waals surface area (Å²) in [5.74, 6) is 0.842. The van der Waals surface area contributed by atoms with Crippen LogP contribution >= 0.6 is 0 Å². The van der Waals surface area contributed by atoms with E-state index in [4.69, 9.17) is 18.9 Å². The Kier molecular flexibility index (Phi) is 8.95. The van der Waals surface area contributed by atoms with E-state index in [-0.39, 0.29) is 22.3 Å². The molecule has 0 aliphatic heterocycles. The molecule has 2 rings (SSSR count). The van der Waals surface area contributed by atoms with Crippen molar-refractivity contribution < 1.29 is 32.2 Å². The van der Waals surface area contributed by atoms with Gasteiger partial charge in [0, 0.05) is 18.7 Å². The van der Waals surface area contributed by atoms with Crippen LogP contribution < -0.4 is 24.3 Å². The number of anilines is 1. The Morgan fingerprint density at radius 1 is 0.939 bits per heavy atom. The highest BCUT2D eigenvalue weighted by molar-refractivity contribution is 7.89. The molecule has 0 saturated heterocycles. The number of carbonyl (C=O) groups is 1. The van der Waals surface area contributed by atoms with Gasteiger partial charge < -0.3 is 24.3 Å². The van der Waals surface area contributed by atoms with Crippen LogP contribution in [-0.2, 0) is 10.0 Å². The molecular formula is C23H32N2O7S. The highest BCUT2D eigenvalue weighted by Crippen LogP contribution is 2.38. The zero-order chi connectivity index (χ0) is 24.8. The van der Waals surface area contributed by atoms with Crippen LogP contribution in [0, 0.1) is 0 Å². The third-order valence-corrected chi connectivity index (χ3v) is 6.88. The summed E-state index contributed by atoms with van der Waals surface area (Å²) in [4.78, 5) is 13.2. The van der Waals surface area contributed by atoms with Crippen LogP contribution in [0.25, 0.3) is 0 Å². The number of ether oxygens (including phenoxy) is 4. The molecule has 1 amide bonds. The first-order valence-corrected chi connectivity index (χ1v) is 12.0. The van der Waals surface area contributed by atoms with Gasteiger partial charge in [0.15, 0.2) is 11.5 Å². The molecule has 33 heavy (non-hydrogen) atoms. The molecule has 182 valence electrons. The maximum absolute atomic E-state index is 13.1. The molecule has 0 aliphatic rings. The lowest BCUT2D eigenvalue weighted by atomic mass is 10.1. The number of hydrogen-bond donors (Lipinski definition) is 1. The zero-order valence-corrected chi connectivity index (χ0v) is 20.9. The van der Waals surface area contributed by atoms with Crippen LogP contribution in [0.15, 0.2) is 35.2 Å². The fraction of sp³-hybridized carbons (Fsp3) is 0.435. The molecule has 2 aromatic carbocycles. The van der Waals surface area contributed by atoms with Crippen molar-refractivity contribution in [1.29, 1.82) is 0 Å². The van der Waals surface area contributed by atoms with Crippen LogP contribution in [0.4, 0.5) is 5.69 Å². The second-order valence-corrected chi connectivity index (χ2v) is 9.22. The Hall–Kier alpha value is -2.98. The normalized spacial score (nSPS) is 11.4. The third kappa shape index (κ3) is 5.88. The Morgan fingerprint density at radius 3 is 1.97 bits per heavy atom. The topological polar surface area (TPSA) is 103 Å². The number of methoxy groups -OCH3 is 3. The zero-order valence-electron chi connectivity index (χ0n) is 20.1. The quantitative estimate of drug-likeness (QED) is 0.522. The Bertz CT molecular complexity index is 1060. The first-order chi connectivity index (χ1) is 15.6. The van der Waals surface area contributed by atoms with Gasteiger partial charge in [-0.15, -0.1) is 0 Å². The summed E-state index contributed by atoms with van der Waals surface area (Å²) in [6, 6.07) is 7.44. The second-order valence-electron chi connectivity index (χ2n) is 7.28. The average molecular weight is 481 g/mol. The summed E-state index contributed by atoms with van der Waals surface area (Å²) in [6.07, 6.45) is -0.188. The number of sulfonamides is 1. The lowest BCUT2D eigenvalue weighted by molar-refractivity contribution is 0.102. The van der Waals surface area contributed by atoms with E-state index < -0.39 is 15.9 Å². The molecule has 0 atom stereocenters. The molecule has 0 radical (unpaired) electrons. The second kappa shape index (κ2) is 11.2. The Labute approximate surface area is 195 Å². The van der Waals surface area contributed by atoms with Crippen molar-refractivity contribution >= 4 is 21.6 Å². The lowest BCUT2D eigenvalue weighted by Crippen LogP contribution is -2.30. The van der Waals surface area contributed by atoms with E-state index in [1.807, 2.05) is 13.8 Å². The maximum atomic E-state index is 13.1. The summed E-state index contributed by atoms with van der Waals surface area (Å²) in [7, 11) is 0.647. The van der Waals surface area contributed by atoms with E-state index in [1.165, 1.54) is 49.9 Å². The summed E-state index contributed by atoms with van der Waals surface area (Å²) < 4.78 is 49.1. The standard InChI is InChI=1S/C23H32N2O7S/c1-8-25(9-2)33(27,28)17-10-11-19(32-15(3)4)18(14-17)24-23(26)16-12-20(29-5)22(31-7)21(13-16)30-6/h10-15H,8-9H2,1-7H3,(H,24,26). The molecule has 0 heterocycles. The van der Waals surface area contributed by atoms with Gasteiger partial charge in [-0.2, -0.15) is 4.31 Å². The predicted octanol–water partition coefficient (Wildman–Crippen LogP) is 3.78. The van der Waals surface area contributed by atoms with Gasteiger partial charge in [0.25, 0.3) is 5.91 Å². The monoisotopic (exact) mass is 480 g/mol. The molecule has 0 spiro atoms. The highest BCUT2D eigenvalue weighted by atomic mass is 32.2. The first-order valence-electron chi connectivity index (χ1n) is 10.5. The molecule has 2 aromatic rings. The van der Waals surface area contributed by atoms with Crippen LogP contribution in [0.1, 0.15) is 38.1 Å². The summed E-state index contributed by atoms with van der Waals surface area (Å²) >= 11 is 0. The van der Waals surface area contributed by atoms with Gasteiger partial charge in [0.1, 0.15) is 5.75 Å². The van der Waals surface area contributed by atoms with Crippen molar-refractivity contribution in [2.45, 2.75) is 38.7 Å². The van der Waals surface area contributed by atoms with Crippen molar-refractivity contribution in [2.75, 3.05) is 39.7 Å². The number of nitrogens with one attached hydrogen (secondary N) is 1. The van der Waals surface area contributed by atoms with Crippen LogP contribution in [0.2, 0.25) is 0 Å². The number of carbonyl (C=O) groups excluding carboxylic acids is 1. The van der Waals surface area contributed by atoms with E-state index >= 15 is 0 Å². The molecule has 0 unspecified atom stereocenters. The average Bonchev–Trinajstić information content (AvgIpc) is 2.79. The molecule has 10 heteroatoms. The number of amides is 1. The molecular weight excluding hydrogens is 448 g/mol. The number of hydrogen-bond acceptors (Lipinski definition) is 7. The Balaban J connectivity index is 2.53. The van der Waals surface area contributed by atoms with E-state index in [1.54, 1.807) is 19.9 Å². The molecule has 0 aliphatic carbocycles. The maximum Gasteiger partial charge on any atom is 0.256 e. The fourth-order valence-corrected chi connectivity index (χ4v) is 4.73. The molecule has 0 aromatic heterocycles. The Morgan fingerprint density at radius 2 is 1.52 bits per heavy atom. The van der Waals surface area contributed by atoms with Gasteiger partial charge in [-0.25, -0.2) is 8.42 Å². The van der Waals surface area contributed by atoms with Crippen LogP contribution in [0.3, 0.4) is 0 Å². The van der Waals surface area contributed by atoms with Gasteiger partial charge in [0.05, 0.1) is 38.0 Å². The molecule has 0 saturated carbocycles. The first kappa shape index (κ1) is 26.3. The summed E-state index contributed by atoms with van der Waals surface area (Å²) in [6.45, 7) is 7.87. The van der Waals surface area contributed by atoms with Crippen molar-refractivity contribution in [3.63, 3.8) is 0 Å². The number of benzene rings is 2. The minimum atomic E-state index is -3.73. The van der Waals surface area contributed by atoms with Gasteiger partial charge in [-0.05, 0) is 44.2 Å². The van der Waals surface area contributed by atoms with Gasteiger partial charge in [-0.3, -0.25) is 4.79 Å². The summed E-state index contributed by atoms with van der Waals surface area (Å²) in [5, 5.41) is 2.76. The highest BCUT2D eigenvalue weighted by Gasteiger charge is 2.24. The van der Waals surface area contributed by atoms with E-state index in [2.05, 4.69) is 5.32 Å². The largest absolute Gasteiger partial charge is 0.493 e. The van der Waals surface area contributed by atoms with Gasteiger partial charge in [0.2, 0.25) is 15.8 Å². The molecule has 0 fully saturated rings. The smallest absolute Gasteiger partial charge is 0.256 e. The molecule has 1 N–H and O–H groups in total. The number of nitrogens with zero attached hydrogens (tertiary/aromatic N) is 1. The van der Waals surface area contributed by atoms with E-state index in [0.717, 1.165) is 0 Å². The molecule has 0 bridgehead atoms. The van der Waals surface area contributed by atoms with Crippen molar-refractivity contribution in [1.82, 2.24) is 4.31 Å².